The van der Waals surface area contributed by atoms with Crippen molar-refractivity contribution in [2.24, 2.45) is 5.73 Å². The van der Waals surface area contributed by atoms with Gasteiger partial charge in [0, 0.05) is 11.1 Å². The lowest BCUT2D eigenvalue weighted by atomic mass is 10.1. The molecule has 0 bridgehead atoms. The fourth-order valence-electron chi connectivity index (χ4n) is 2.22. The Bertz CT molecular complexity index is 868. The number of nitrogens with one attached hydrogen (secondary N) is 1. The van der Waals surface area contributed by atoms with Gasteiger partial charge in [-0.25, -0.2) is 4.79 Å². The maximum atomic E-state index is 12.1. The van der Waals surface area contributed by atoms with Gasteiger partial charge in [0.25, 0.3) is 11.8 Å². The number of ether oxygens (including phenoxy) is 1. The third-order valence-electron chi connectivity index (χ3n) is 3.34. The molecule has 26 heavy (non-hydrogen) atoms. The summed E-state index contributed by atoms with van der Waals surface area (Å²) in [5, 5.41) is 2.98. The van der Waals surface area contributed by atoms with E-state index in [0.29, 0.717) is 5.02 Å². The van der Waals surface area contributed by atoms with Crippen molar-refractivity contribution in [3.05, 3.63) is 57.8 Å². The minimum absolute atomic E-state index is 0.101. The summed E-state index contributed by atoms with van der Waals surface area (Å²) in [6.07, 6.45) is 2.80. The summed E-state index contributed by atoms with van der Waals surface area (Å²) in [4.78, 5) is 35.8. The van der Waals surface area contributed by atoms with Gasteiger partial charge in [-0.3, -0.25) is 14.9 Å². The van der Waals surface area contributed by atoms with Gasteiger partial charge in [0.2, 0.25) is 5.88 Å². The molecular formula is C18H17ClN2O5. The summed E-state index contributed by atoms with van der Waals surface area (Å²) in [5.74, 6) is -2.31. The van der Waals surface area contributed by atoms with E-state index in [0.717, 1.165) is 5.56 Å². The molecule has 0 aliphatic rings. The van der Waals surface area contributed by atoms with Crippen LogP contribution in [-0.2, 0) is 9.53 Å². The first-order chi connectivity index (χ1) is 12.3. The van der Waals surface area contributed by atoms with Crippen molar-refractivity contribution in [1.29, 1.82) is 0 Å². The third kappa shape index (κ3) is 4.52. The molecule has 3 N–H and O–H groups in total. The zero-order chi connectivity index (χ0) is 19.3. The Balaban J connectivity index is 2.24. The number of anilines is 1. The van der Waals surface area contributed by atoms with E-state index in [4.69, 9.17) is 26.5 Å². The van der Waals surface area contributed by atoms with Gasteiger partial charge < -0.3 is 14.9 Å². The van der Waals surface area contributed by atoms with E-state index in [2.05, 4.69) is 5.32 Å². The maximum absolute atomic E-state index is 12.1. The number of halogens is 1. The Hall–Kier alpha value is -3.06. The molecular weight excluding hydrogens is 360 g/mol. The predicted octanol–water partition coefficient (Wildman–Crippen LogP) is 3.17. The molecule has 1 heterocycles. The molecule has 0 unspecified atom stereocenters. The SMILES string of the molecule is CCOC(=O)c1c(C)oc(NC(=O)/C=C/c2ccc(Cl)cc2)c1C(N)=O. The van der Waals surface area contributed by atoms with E-state index < -0.39 is 17.8 Å². The first-order valence-corrected chi connectivity index (χ1v) is 8.06. The molecule has 0 aliphatic heterocycles. The highest BCUT2D eigenvalue weighted by Gasteiger charge is 2.28. The highest BCUT2D eigenvalue weighted by Crippen LogP contribution is 2.27. The Labute approximate surface area is 154 Å². The summed E-state index contributed by atoms with van der Waals surface area (Å²) < 4.78 is 10.2. The number of furan rings is 1. The second-order valence-corrected chi connectivity index (χ2v) is 5.63. The molecule has 8 heteroatoms. The van der Waals surface area contributed by atoms with Crippen LogP contribution in [0.5, 0.6) is 0 Å². The second kappa shape index (κ2) is 8.35. The van der Waals surface area contributed by atoms with Crippen LogP contribution in [0.4, 0.5) is 5.88 Å². The molecule has 0 atom stereocenters. The Morgan fingerprint density at radius 2 is 1.88 bits per heavy atom. The molecule has 136 valence electrons. The lowest BCUT2D eigenvalue weighted by Gasteiger charge is -2.03. The van der Waals surface area contributed by atoms with Gasteiger partial charge in [-0.1, -0.05) is 23.7 Å². The molecule has 0 aliphatic carbocycles. The van der Waals surface area contributed by atoms with Gasteiger partial charge in [-0.15, -0.1) is 0 Å². The van der Waals surface area contributed by atoms with E-state index in [1.165, 1.54) is 13.0 Å². The Morgan fingerprint density at radius 1 is 1.23 bits per heavy atom. The smallest absolute Gasteiger partial charge is 0.342 e. The normalized spacial score (nSPS) is 10.7. The number of carbonyl (C=O) groups is 3. The van der Waals surface area contributed by atoms with Crippen molar-refractivity contribution in [2.75, 3.05) is 11.9 Å². The second-order valence-electron chi connectivity index (χ2n) is 5.20. The number of hydrogen-bond acceptors (Lipinski definition) is 5. The standard InChI is InChI=1S/C18H17ClN2O5/c1-3-25-18(24)14-10(2)26-17(15(14)16(20)23)21-13(22)9-6-11-4-7-12(19)8-5-11/h4-9H,3H2,1-2H3,(H2,20,23)(H,21,22)/b9-6+. The third-order valence-corrected chi connectivity index (χ3v) is 3.60. The fourth-order valence-corrected chi connectivity index (χ4v) is 2.34. The summed E-state index contributed by atoms with van der Waals surface area (Å²) in [5.41, 5.74) is 5.75. The van der Waals surface area contributed by atoms with Gasteiger partial charge in [0.15, 0.2) is 0 Å². The highest BCUT2D eigenvalue weighted by atomic mass is 35.5. The van der Waals surface area contributed by atoms with Crippen molar-refractivity contribution in [1.82, 2.24) is 0 Å². The quantitative estimate of drug-likeness (QED) is 0.594. The van der Waals surface area contributed by atoms with Gasteiger partial charge in [0.1, 0.15) is 16.9 Å². The molecule has 7 nitrogen and oxygen atoms in total. The predicted molar refractivity (Wildman–Crippen MR) is 97.0 cm³/mol. The van der Waals surface area contributed by atoms with Crippen LogP contribution in [0.25, 0.3) is 6.08 Å². The van der Waals surface area contributed by atoms with Crippen LogP contribution >= 0.6 is 11.6 Å². The molecule has 2 rings (SSSR count). The maximum Gasteiger partial charge on any atom is 0.342 e. The molecule has 0 radical (unpaired) electrons. The van der Waals surface area contributed by atoms with E-state index in [1.54, 1.807) is 37.3 Å². The summed E-state index contributed by atoms with van der Waals surface area (Å²) in [6.45, 7) is 3.21. The van der Waals surface area contributed by atoms with Crippen LogP contribution in [0.2, 0.25) is 5.02 Å². The van der Waals surface area contributed by atoms with Crippen molar-refractivity contribution in [3.8, 4) is 0 Å². The van der Waals surface area contributed by atoms with Gasteiger partial charge >= 0.3 is 5.97 Å². The number of aryl methyl sites for hydroxylation is 1. The first-order valence-electron chi connectivity index (χ1n) is 7.68. The van der Waals surface area contributed by atoms with Crippen LogP contribution < -0.4 is 11.1 Å². The number of hydrogen-bond donors (Lipinski definition) is 2. The fraction of sp³-hybridized carbons (Fsp3) is 0.167. The lowest BCUT2D eigenvalue weighted by Crippen LogP contribution is -2.19. The number of amides is 2. The minimum atomic E-state index is -0.915. The molecule has 0 saturated heterocycles. The molecule has 2 aromatic rings. The molecule has 0 fully saturated rings. The average Bonchev–Trinajstić information content (AvgIpc) is 2.90. The summed E-state index contributed by atoms with van der Waals surface area (Å²) in [6, 6.07) is 6.84. The monoisotopic (exact) mass is 376 g/mol. The Morgan fingerprint density at radius 3 is 2.46 bits per heavy atom. The average molecular weight is 377 g/mol. The minimum Gasteiger partial charge on any atom is -0.462 e. The molecule has 0 spiro atoms. The molecule has 2 amide bonds. The number of carbonyl (C=O) groups excluding carboxylic acids is 3. The topological polar surface area (TPSA) is 112 Å². The first kappa shape index (κ1) is 19.3. The summed E-state index contributed by atoms with van der Waals surface area (Å²) in [7, 11) is 0. The number of esters is 1. The van der Waals surface area contributed by atoms with Crippen LogP contribution in [0.1, 0.15) is 39.0 Å². The zero-order valence-corrected chi connectivity index (χ0v) is 14.9. The molecule has 1 aromatic carbocycles. The van der Waals surface area contributed by atoms with E-state index in [9.17, 15) is 14.4 Å². The van der Waals surface area contributed by atoms with Gasteiger partial charge in [-0.2, -0.15) is 0 Å². The zero-order valence-electron chi connectivity index (χ0n) is 14.2. The summed E-state index contributed by atoms with van der Waals surface area (Å²) >= 11 is 5.80. The van der Waals surface area contributed by atoms with E-state index >= 15 is 0 Å². The number of benzene rings is 1. The van der Waals surface area contributed by atoms with Crippen molar-refractivity contribution in [3.63, 3.8) is 0 Å². The van der Waals surface area contributed by atoms with E-state index in [-0.39, 0.29) is 29.4 Å². The van der Waals surface area contributed by atoms with Gasteiger partial charge in [-0.05, 0) is 37.6 Å². The lowest BCUT2D eigenvalue weighted by molar-refractivity contribution is -0.111. The van der Waals surface area contributed by atoms with E-state index in [1.807, 2.05) is 0 Å². The van der Waals surface area contributed by atoms with Crippen molar-refractivity contribution >= 4 is 41.3 Å². The van der Waals surface area contributed by atoms with Crippen LogP contribution in [0, 0.1) is 6.92 Å². The van der Waals surface area contributed by atoms with Crippen LogP contribution in [-0.4, -0.2) is 24.4 Å². The van der Waals surface area contributed by atoms with Crippen LogP contribution in [0.15, 0.2) is 34.8 Å². The van der Waals surface area contributed by atoms with Crippen LogP contribution in [0.3, 0.4) is 0 Å². The number of rotatable bonds is 6. The number of nitrogens with two attached hydrogens (primary N) is 1. The molecule has 0 saturated carbocycles. The number of primary amides is 1. The van der Waals surface area contributed by atoms with Crippen molar-refractivity contribution in [2.45, 2.75) is 13.8 Å². The Kier molecular flexibility index (Phi) is 6.19. The van der Waals surface area contributed by atoms with Gasteiger partial charge in [0.05, 0.1) is 6.61 Å². The van der Waals surface area contributed by atoms with Crippen molar-refractivity contribution < 1.29 is 23.5 Å². The largest absolute Gasteiger partial charge is 0.462 e. The molecule has 1 aromatic heterocycles. The highest BCUT2D eigenvalue weighted by molar-refractivity contribution is 6.30.